The van der Waals surface area contributed by atoms with E-state index in [0.29, 0.717) is 11.4 Å². The summed E-state index contributed by atoms with van der Waals surface area (Å²) in [5.74, 6) is 0.610. The summed E-state index contributed by atoms with van der Waals surface area (Å²) in [5.41, 5.74) is 2.31. The van der Waals surface area contributed by atoms with Crippen LogP contribution >= 0.6 is 0 Å². The van der Waals surface area contributed by atoms with Gasteiger partial charge in [0, 0.05) is 26.7 Å². The van der Waals surface area contributed by atoms with Crippen LogP contribution in [0.2, 0.25) is 0 Å². The molecule has 0 bridgehead atoms. The molecule has 1 aromatic heterocycles. The quantitative estimate of drug-likeness (QED) is 0.800. The summed E-state index contributed by atoms with van der Waals surface area (Å²) in [6, 6.07) is 5.87. The van der Waals surface area contributed by atoms with Crippen LogP contribution in [0.15, 0.2) is 18.2 Å². The van der Waals surface area contributed by atoms with Gasteiger partial charge in [-0.1, -0.05) is 0 Å². The van der Waals surface area contributed by atoms with E-state index in [1.807, 2.05) is 37.2 Å². The van der Waals surface area contributed by atoms with Crippen molar-refractivity contribution in [1.29, 1.82) is 0 Å². The van der Waals surface area contributed by atoms with Crippen LogP contribution in [0.3, 0.4) is 0 Å². The average molecular weight is 234 g/mol. The van der Waals surface area contributed by atoms with Gasteiger partial charge in [0.2, 0.25) is 5.75 Å². The first kappa shape index (κ1) is 11.4. The lowest BCUT2D eigenvalue weighted by molar-refractivity contribution is -0.568. The summed E-state index contributed by atoms with van der Waals surface area (Å²) in [5, 5.41) is 3.69. The SMILES string of the molecule is COc1c(C)[n+](=O)[nH]c2cc(N(C)C)ccc12. The molecule has 5 heteroatoms. The maximum Gasteiger partial charge on any atom is 0.308 e. The molecule has 1 N–H and O–H groups in total. The van der Waals surface area contributed by atoms with Crippen LogP contribution in [0.4, 0.5) is 5.69 Å². The van der Waals surface area contributed by atoms with E-state index in [4.69, 9.17) is 4.74 Å². The van der Waals surface area contributed by atoms with Crippen molar-refractivity contribution in [1.82, 2.24) is 5.10 Å². The van der Waals surface area contributed by atoms with Gasteiger partial charge in [0.15, 0.2) is 4.54 Å². The zero-order valence-electron chi connectivity index (χ0n) is 10.4. The lowest BCUT2D eigenvalue weighted by Crippen LogP contribution is -2.24. The first-order valence-electron chi connectivity index (χ1n) is 5.35. The molecule has 0 spiro atoms. The first-order chi connectivity index (χ1) is 8.04. The highest BCUT2D eigenvalue weighted by atomic mass is 16.5. The first-order valence-corrected chi connectivity index (χ1v) is 5.35. The van der Waals surface area contributed by atoms with Crippen molar-refractivity contribution in [2.45, 2.75) is 6.92 Å². The van der Waals surface area contributed by atoms with E-state index in [0.717, 1.165) is 21.1 Å². The molecule has 17 heavy (non-hydrogen) atoms. The van der Waals surface area contributed by atoms with Crippen molar-refractivity contribution in [2.24, 2.45) is 0 Å². The number of aromatic nitrogens is 2. The molecule has 0 radical (unpaired) electrons. The van der Waals surface area contributed by atoms with Crippen LogP contribution in [0.25, 0.3) is 10.9 Å². The minimum Gasteiger partial charge on any atom is -0.490 e. The molecule has 0 aliphatic heterocycles. The van der Waals surface area contributed by atoms with Gasteiger partial charge < -0.3 is 9.64 Å². The van der Waals surface area contributed by atoms with Crippen molar-refractivity contribution in [3.05, 3.63) is 28.8 Å². The normalized spacial score (nSPS) is 10.6. The molecule has 0 saturated heterocycles. The van der Waals surface area contributed by atoms with Crippen molar-refractivity contribution in [3.8, 4) is 5.75 Å². The molecule has 0 atom stereocenters. The highest BCUT2D eigenvalue weighted by Gasteiger charge is 2.16. The average Bonchev–Trinajstić information content (AvgIpc) is 2.30. The number of ether oxygens (including phenoxy) is 1. The highest BCUT2D eigenvalue weighted by molar-refractivity contribution is 5.87. The summed E-state index contributed by atoms with van der Waals surface area (Å²) in [6.45, 7) is 1.72. The Labute approximate surface area is 99.2 Å². The van der Waals surface area contributed by atoms with Crippen LogP contribution in [-0.4, -0.2) is 26.3 Å². The van der Waals surface area contributed by atoms with E-state index < -0.39 is 0 Å². The number of nitrogens with one attached hydrogen (secondary N) is 1. The Bertz CT molecular complexity index is 617. The molecule has 5 nitrogen and oxygen atoms in total. The molecule has 0 aliphatic rings. The molecule has 0 saturated carbocycles. The minimum absolute atomic E-state index is 0.526. The van der Waals surface area contributed by atoms with Gasteiger partial charge in [-0.05, 0) is 18.2 Å². The lowest BCUT2D eigenvalue weighted by Gasteiger charge is -2.12. The van der Waals surface area contributed by atoms with Crippen LogP contribution in [0, 0.1) is 11.8 Å². The van der Waals surface area contributed by atoms with E-state index >= 15 is 0 Å². The number of hydrogen-bond donors (Lipinski definition) is 1. The Balaban J connectivity index is 2.81. The molecule has 0 unspecified atom stereocenters. The number of anilines is 1. The fraction of sp³-hybridized carbons (Fsp3) is 0.333. The fourth-order valence-electron chi connectivity index (χ4n) is 1.84. The number of methoxy groups -OCH3 is 1. The third kappa shape index (κ3) is 1.84. The maximum atomic E-state index is 11.7. The second-order valence-corrected chi connectivity index (χ2v) is 4.15. The molecule has 0 amide bonds. The van der Waals surface area contributed by atoms with Gasteiger partial charge in [-0.15, -0.1) is 5.10 Å². The molecule has 1 aromatic carbocycles. The third-order valence-corrected chi connectivity index (χ3v) is 2.82. The van der Waals surface area contributed by atoms with Crippen molar-refractivity contribution < 1.29 is 9.28 Å². The molecule has 2 aromatic rings. The Hall–Kier alpha value is -2.04. The number of aromatic amines is 1. The topological polar surface area (TPSA) is 51.2 Å². The molecular weight excluding hydrogens is 218 g/mol. The summed E-state index contributed by atoms with van der Waals surface area (Å²) in [4.78, 5) is 13.6. The van der Waals surface area contributed by atoms with Crippen LogP contribution < -0.4 is 14.2 Å². The Morgan fingerprint density at radius 2 is 2.06 bits per heavy atom. The van der Waals surface area contributed by atoms with E-state index in [-0.39, 0.29) is 0 Å². The van der Waals surface area contributed by atoms with Gasteiger partial charge >= 0.3 is 5.69 Å². The van der Waals surface area contributed by atoms with E-state index in [9.17, 15) is 4.91 Å². The summed E-state index contributed by atoms with van der Waals surface area (Å²) in [7, 11) is 5.48. The van der Waals surface area contributed by atoms with Crippen LogP contribution in [0.1, 0.15) is 5.69 Å². The number of hydrogen-bond acceptors (Lipinski definition) is 3. The zero-order valence-corrected chi connectivity index (χ0v) is 10.4. The van der Waals surface area contributed by atoms with E-state index in [1.54, 1.807) is 14.0 Å². The Morgan fingerprint density at radius 3 is 2.65 bits per heavy atom. The number of fused-ring (bicyclic) bond motifs is 1. The molecule has 1 heterocycles. The monoisotopic (exact) mass is 234 g/mol. The molecule has 2 rings (SSSR count). The second kappa shape index (κ2) is 4.08. The zero-order chi connectivity index (χ0) is 12.6. The fourth-order valence-corrected chi connectivity index (χ4v) is 1.84. The molecule has 0 aliphatic carbocycles. The Kier molecular flexibility index (Phi) is 2.75. The number of H-pyrrole nitrogens is 1. The molecule has 0 fully saturated rings. The predicted molar refractivity (Wildman–Crippen MR) is 67.3 cm³/mol. The standard InChI is InChI=1S/C12H16N3O2/c1-8-12(17-4)10-6-5-9(14(2)3)7-11(10)13-15(8)16/h5-7H,1-4H3,(H,13,16)/q+1. The molecular formula is C12H16N3O2+. The summed E-state index contributed by atoms with van der Waals surface area (Å²) in [6.07, 6.45) is 0. The smallest absolute Gasteiger partial charge is 0.308 e. The summed E-state index contributed by atoms with van der Waals surface area (Å²) < 4.78 is 6.01. The predicted octanol–water partition coefficient (Wildman–Crippen LogP) is 1.47. The third-order valence-electron chi connectivity index (χ3n) is 2.82. The number of nitrogens with zero attached hydrogens (tertiary/aromatic N) is 2. The van der Waals surface area contributed by atoms with Gasteiger partial charge in [-0.2, -0.15) is 0 Å². The largest absolute Gasteiger partial charge is 0.490 e. The maximum absolute atomic E-state index is 11.7. The summed E-state index contributed by atoms with van der Waals surface area (Å²) >= 11 is 0. The number of rotatable bonds is 2. The van der Waals surface area contributed by atoms with E-state index in [2.05, 4.69) is 5.10 Å². The Morgan fingerprint density at radius 1 is 1.35 bits per heavy atom. The highest BCUT2D eigenvalue weighted by Crippen LogP contribution is 2.27. The van der Waals surface area contributed by atoms with Gasteiger partial charge in [-0.3, -0.25) is 0 Å². The van der Waals surface area contributed by atoms with E-state index in [1.165, 1.54) is 0 Å². The van der Waals surface area contributed by atoms with Gasteiger partial charge in [-0.25, -0.2) is 0 Å². The van der Waals surface area contributed by atoms with Crippen LogP contribution in [-0.2, 0) is 0 Å². The van der Waals surface area contributed by atoms with Gasteiger partial charge in [0.1, 0.15) is 5.52 Å². The van der Waals surface area contributed by atoms with Crippen molar-refractivity contribution in [3.63, 3.8) is 0 Å². The minimum atomic E-state index is 0.526. The van der Waals surface area contributed by atoms with Crippen LogP contribution in [0.5, 0.6) is 5.75 Å². The second-order valence-electron chi connectivity index (χ2n) is 4.15. The van der Waals surface area contributed by atoms with Crippen molar-refractivity contribution in [2.75, 3.05) is 26.1 Å². The molecule has 90 valence electrons. The van der Waals surface area contributed by atoms with Gasteiger partial charge in [0.05, 0.1) is 17.4 Å². The van der Waals surface area contributed by atoms with Gasteiger partial charge in [0.25, 0.3) is 0 Å². The number of benzene rings is 1. The van der Waals surface area contributed by atoms with Crippen molar-refractivity contribution >= 4 is 16.6 Å². The lowest BCUT2D eigenvalue weighted by atomic mass is 10.1.